The zero-order valence-electron chi connectivity index (χ0n) is 14.4. The maximum Gasteiger partial charge on any atom is 0.310 e. The Kier molecular flexibility index (Phi) is 3.92. The second-order valence-corrected chi connectivity index (χ2v) is 6.45. The number of benzene rings is 2. The molecule has 0 radical (unpaired) electrons. The maximum atomic E-state index is 12.8. The highest BCUT2D eigenvalue weighted by atomic mass is 16.4. The standard InChI is InChI=1S/C20H15N3O4/c1-11(20(26)27)13-8-6-12(7-9-13)10-23-17-16(21-22-23)18(24)14-4-2-3-5-15(14)19(17)25/h2-9,11H,10H2,1H3,(H,26,27). The van der Waals surface area contributed by atoms with Gasteiger partial charge in [-0.25, -0.2) is 4.68 Å². The Bertz CT molecular complexity index is 1080. The SMILES string of the molecule is CC(C(=O)O)c1ccc(Cn2nnc3c2C(=O)c2ccccc2C3=O)cc1. The van der Waals surface area contributed by atoms with Crippen LogP contribution in [0.1, 0.15) is 56.1 Å². The molecular weight excluding hydrogens is 346 g/mol. The van der Waals surface area contributed by atoms with E-state index in [-0.39, 0.29) is 29.5 Å². The van der Waals surface area contributed by atoms with Crippen LogP contribution in [0.15, 0.2) is 48.5 Å². The molecule has 0 fully saturated rings. The number of ketones is 2. The smallest absolute Gasteiger partial charge is 0.310 e. The summed E-state index contributed by atoms with van der Waals surface area (Å²) in [4.78, 5) is 36.5. The third-order valence-corrected chi connectivity index (χ3v) is 4.76. The van der Waals surface area contributed by atoms with Crippen molar-refractivity contribution in [2.75, 3.05) is 0 Å². The number of fused-ring (bicyclic) bond motifs is 2. The zero-order valence-corrected chi connectivity index (χ0v) is 14.4. The number of carbonyl (C=O) groups excluding carboxylic acids is 2. The molecule has 27 heavy (non-hydrogen) atoms. The van der Waals surface area contributed by atoms with Crippen molar-refractivity contribution in [2.24, 2.45) is 0 Å². The van der Waals surface area contributed by atoms with E-state index in [4.69, 9.17) is 5.11 Å². The van der Waals surface area contributed by atoms with Crippen LogP contribution in [-0.4, -0.2) is 37.6 Å². The van der Waals surface area contributed by atoms with E-state index in [1.807, 2.05) is 0 Å². The molecule has 0 saturated carbocycles. The van der Waals surface area contributed by atoms with Crippen molar-refractivity contribution in [1.82, 2.24) is 15.0 Å². The number of nitrogens with zero attached hydrogens (tertiary/aromatic N) is 3. The summed E-state index contributed by atoms with van der Waals surface area (Å²) in [5, 5.41) is 17.0. The van der Waals surface area contributed by atoms with Crippen molar-refractivity contribution < 1.29 is 19.5 Å². The molecule has 3 aromatic rings. The molecule has 1 heterocycles. The molecule has 0 aliphatic heterocycles. The summed E-state index contributed by atoms with van der Waals surface area (Å²) in [6.45, 7) is 1.87. The van der Waals surface area contributed by atoms with Crippen LogP contribution in [0.25, 0.3) is 0 Å². The topological polar surface area (TPSA) is 102 Å². The van der Waals surface area contributed by atoms with Crippen LogP contribution in [0.5, 0.6) is 0 Å². The second-order valence-electron chi connectivity index (χ2n) is 6.45. The van der Waals surface area contributed by atoms with Gasteiger partial charge in [-0.1, -0.05) is 53.7 Å². The Labute approximate surface area is 154 Å². The lowest BCUT2D eigenvalue weighted by Gasteiger charge is -2.14. The summed E-state index contributed by atoms with van der Waals surface area (Å²) in [5.41, 5.74) is 2.45. The highest BCUT2D eigenvalue weighted by Crippen LogP contribution is 2.26. The van der Waals surface area contributed by atoms with Crippen molar-refractivity contribution in [2.45, 2.75) is 19.4 Å². The lowest BCUT2D eigenvalue weighted by atomic mass is 9.90. The van der Waals surface area contributed by atoms with E-state index in [2.05, 4.69) is 10.3 Å². The van der Waals surface area contributed by atoms with Crippen LogP contribution in [0.3, 0.4) is 0 Å². The van der Waals surface area contributed by atoms with E-state index in [1.54, 1.807) is 55.5 Å². The molecule has 0 bridgehead atoms. The fraction of sp³-hybridized carbons (Fsp3) is 0.150. The van der Waals surface area contributed by atoms with Gasteiger partial charge < -0.3 is 5.11 Å². The number of aliphatic carboxylic acids is 1. The van der Waals surface area contributed by atoms with Crippen LogP contribution in [-0.2, 0) is 11.3 Å². The minimum atomic E-state index is -0.893. The van der Waals surface area contributed by atoms with Crippen molar-refractivity contribution >= 4 is 17.5 Å². The first-order valence-corrected chi connectivity index (χ1v) is 8.41. The number of carboxylic acids is 1. The number of rotatable bonds is 4. The number of hydrogen-bond acceptors (Lipinski definition) is 5. The molecule has 0 saturated heterocycles. The first kappa shape index (κ1) is 16.8. The van der Waals surface area contributed by atoms with Gasteiger partial charge in [-0.05, 0) is 18.1 Å². The van der Waals surface area contributed by atoms with Gasteiger partial charge in [-0.15, -0.1) is 5.10 Å². The van der Waals surface area contributed by atoms with Crippen LogP contribution in [0.4, 0.5) is 0 Å². The summed E-state index contributed by atoms with van der Waals surface area (Å²) in [5.74, 6) is -2.08. The third kappa shape index (κ3) is 2.73. The fourth-order valence-corrected chi connectivity index (χ4v) is 3.16. The number of carboxylic acid groups (broad SMARTS) is 1. The van der Waals surface area contributed by atoms with E-state index in [1.165, 1.54) is 4.68 Å². The molecular formula is C20H15N3O4. The van der Waals surface area contributed by atoms with Crippen LogP contribution >= 0.6 is 0 Å². The van der Waals surface area contributed by atoms with Crippen molar-refractivity contribution in [3.05, 3.63) is 82.2 Å². The summed E-state index contributed by atoms with van der Waals surface area (Å²) >= 11 is 0. The van der Waals surface area contributed by atoms with Crippen molar-refractivity contribution in [1.29, 1.82) is 0 Å². The second kappa shape index (κ2) is 6.28. The normalized spacial score (nSPS) is 13.8. The van der Waals surface area contributed by atoms with Crippen LogP contribution in [0.2, 0.25) is 0 Å². The minimum Gasteiger partial charge on any atom is -0.481 e. The maximum absolute atomic E-state index is 12.8. The lowest BCUT2D eigenvalue weighted by molar-refractivity contribution is -0.138. The molecule has 4 rings (SSSR count). The first-order valence-electron chi connectivity index (χ1n) is 8.41. The summed E-state index contributed by atoms with van der Waals surface area (Å²) < 4.78 is 1.42. The number of carbonyl (C=O) groups is 3. The van der Waals surface area contributed by atoms with Gasteiger partial charge in [0.15, 0.2) is 5.69 Å². The van der Waals surface area contributed by atoms with E-state index < -0.39 is 11.9 Å². The quantitative estimate of drug-likeness (QED) is 0.598. The largest absolute Gasteiger partial charge is 0.481 e. The summed E-state index contributed by atoms with van der Waals surface area (Å²) in [6.07, 6.45) is 0. The van der Waals surface area contributed by atoms with E-state index >= 15 is 0 Å². The molecule has 2 aromatic carbocycles. The lowest BCUT2D eigenvalue weighted by Crippen LogP contribution is -2.23. The van der Waals surface area contributed by atoms with Crippen LogP contribution in [0, 0.1) is 0 Å². The van der Waals surface area contributed by atoms with E-state index in [0.29, 0.717) is 16.7 Å². The Morgan fingerprint density at radius 2 is 1.67 bits per heavy atom. The van der Waals surface area contributed by atoms with Gasteiger partial charge >= 0.3 is 5.97 Å². The summed E-state index contributed by atoms with van der Waals surface area (Å²) in [6, 6.07) is 13.7. The molecule has 0 spiro atoms. The van der Waals surface area contributed by atoms with Gasteiger partial charge in [-0.3, -0.25) is 14.4 Å². The molecule has 7 heteroatoms. The van der Waals surface area contributed by atoms with Gasteiger partial charge in [-0.2, -0.15) is 0 Å². The average molecular weight is 361 g/mol. The average Bonchev–Trinajstić information content (AvgIpc) is 3.10. The minimum absolute atomic E-state index is 0.0646. The Hall–Kier alpha value is -3.61. The number of aromatic nitrogens is 3. The Morgan fingerprint density at radius 3 is 2.30 bits per heavy atom. The van der Waals surface area contributed by atoms with Gasteiger partial charge in [0.2, 0.25) is 11.6 Å². The molecule has 1 atom stereocenters. The molecule has 1 aromatic heterocycles. The van der Waals surface area contributed by atoms with Crippen molar-refractivity contribution in [3.8, 4) is 0 Å². The molecule has 1 aliphatic rings. The Balaban J connectivity index is 1.66. The Morgan fingerprint density at radius 1 is 1.04 bits per heavy atom. The monoisotopic (exact) mass is 361 g/mol. The third-order valence-electron chi connectivity index (χ3n) is 4.76. The predicted molar refractivity (Wildman–Crippen MR) is 94.9 cm³/mol. The molecule has 134 valence electrons. The molecule has 1 unspecified atom stereocenters. The van der Waals surface area contributed by atoms with E-state index in [9.17, 15) is 14.4 Å². The molecule has 1 aliphatic carbocycles. The molecule has 0 amide bonds. The van der Waals surface area contributed by atoms with Crippen LogP contribution < -0.4 is 0 Å². The highest BCUT2D eigenvalue weighted by molar-refractivity contribution is 6.26. The van der Waals surface area contributed by atoms with Gasteiger partial charge in [0.1, 0.15) is 5.69 Å². The fourth-order valence-electron chi connectivity index (χ4n) is 3.16. The van der Waals surface area contributed by atoms with Crippen molar-refractivity contribution in [3.63, 3.8) is 0 Å². The van der Waals surface area contributed by atoms with Gasteiger partial charge in [0.25, 0.3) is 0 Å². The van der Waals surface area contributed by atoms with Gasteiger partial charge in [0, 0.05) is 11.1 Å². The first-order chi connectivity index (χ1) is 13.0. The predicted octanol–water partition coefficient (Wildman–Crippen LogP) is 2.29. The summed E-state index contributed by atoms with van der Waals surface area (Å²) in [7, 11) is 0. The molecule has 1 N–H and O–H groups in total. The highest BCUT2D eigenvalue weighted by Gasteiger charge is 2.34. The van der Waals surface area contributed by atoms with Gasteiger partial charge in [0.05, 0.1) is 12.5 Å². The molecule has 7 nitrogen and oxygen atoms in total. The number of hydrogen-bond donors (Lipinski definition) is 1. The zero-order chi connectivity index (χ0) is 19.1. The van der Waals surface area contributed by atoms with E-state index in [0.717, 1.165) is 5.56 Å².